The van der Waals surface area contributed by atoms with E-state index in [4.69, 9.17) is 13.7 Å². The van der Waals surface area contributed by atoms with Gasteiger partial charge >= 0.3 is 5.97 Å². The van der Waals surface area contributed by atoms with E-state index in [0.29, 0.717) is 5.76 Å². The number of para-hydroxylation sites is 1. The van der Waals surface area contributed by atoms with E-state index < -0.39 is 23.9 Å². The average Bonchev–Trinajstić information content (AvgIpc) is 3.34. The van der Waals surface area contributed by atoms with Gasteiger partial charge in [0, 0.05) is 6.07 Å². The highest BCUT2D eigenvalue weighted by Crippen LogP contribution is 2.18. The molecular weight excluding hydrogens is 366 g/mol. The molecule has 1 atom stereocenters. The van der Waals surface area contributed by atoms with Crippen molar-refractivity contribution in [3.8, 4) is 0 Å². The number of amides is 2. The number of benzene rings is 1. The second kappa shape index (κ2) is 8.21. The maximum absolute atomic E-state index is 12.5. The van der Waals surface area contributed by atoms with Crippen LogP contribution < -0.4 is 10.6 Å². The SMILES string of the molecule is Cc1cc(NC(=O)[C@@H](C)OC(=O)c2ccccc2NC(=O)c2ccco2)no1. The number of aryl methyl sites for hydroxylation is 1. The van der Waals surface area contributed by atoms with Crippen molar-refractivity contribution in [1.29, 1.82) is 0 Å². The van der Waals surface area contributed by atoms with E-state index >= 15 is 0 Å². The molecule has 3 rings (SSSR count). The number of esters is 1. The van der Waals surface area contributed by atoms with Crippen LogP contribution in [0.4, 0.5) is 11.5 Å². The maximum Gasteiger partial charge on any atom is 0.341 e. The van der Waals surface area contributed by atoms with Gasteiger partial charge in [-0.3, -0.25) is 9.59 Å². The molecular formula is C19H17N3O6. The molecule has 0 fully saturated rings. The number of rotatable bonds is 6. The highest BCUT2D eigenvalue weighted by atomic mass is 16.5. The molecule has 0 unspecified atom stereocenters. The second-order valence-electron chi connectivity index (χ2n) is 5.84. The molecule has 0 aliphatic carbocycles. The Morgan fingerprint density at radius 2 is 1.89 bits per heavy atom. The molecule has 3 aromatic rings. The van der Waals surface area contributed by atoms with E-state index in [1.807, 2.05) is 0 Å². The van der Waals surface area contributed by atoms with E-state index in [1.54, 1.807) is 31.2 Å². The summed E-state index contributed by atoms with van der Waals surface area (Å²) in [5, 5.41) is 8.71. The highest BCUT2D eigenvalue weighted by molar-refractivity contribution is 6.07. The number of nitrogens with one attached hydrogen (secondary N) is 2. The lowest BCUT2D eigenvalue weighted by Gasteiger charge is -2.14. The first-order valence-electron chi connectivity index (χ1n) is 8.33. The van der Waals surface area contributed by atoms with Gasteiger partial charge in [0.1, 0.15) is 5.76 Å². The van der Waals surface area contributed by atoms with Gasteiger partial charge in [0.25, 0.3) is 11.8 Å². The Labute approximate surface area is 159 Å². The van der Waals surface area contributed by atoms with Crippen molar-refractivity contribution in [3.63, 3.8) is 0 Å². The summed E-state index contributed by atoms with van der Waals surface area (Å²) in [5.41, 5.74) is 0.327. The van der Waals surface area contributed by atoms with Gasteiger partial charge in [0.15, 0.2) is 17.7 Å². The monoisotopic (exact) mass is 383 g/mol. The van der Waals surface area contributed by atoms with E-state index in [-0.39, 0.29) is 22.8 Å². The van der Waals surface area contributed by atoms with Crippen LogP contribution in [0.25, 0.3) is 0 Å². The van der Waals surface area contributed by atoms with Crippen molar-refractivity contribution in [2.45, 2.75) is 20.0 Å². The Morgan fingerprint density at radius 1 is 1.11 bits per heavy atom. The molecule has 144 valence electrons. The Hall–Kier alpha value is -3.88. The molecule has 0 aliphatic heterocycles. The van der Waals surface area contributed by atoms with Crippen molar-refractivity contribution < 1.29 is 28.1 Å². The standard InChI is InChI=1S/C19H17N3O6/c1-11-10-16(22-28-11)21-17(23)12(2)27-19(25)13-6-3-4-7-14(13)20-18(24)15-8-5-9-26-15/h3-10,12H,1-2H3,(H,20,24)(H,21,22,23)/t12-/m1/s1. The molecule has 2 N–H and O–H groups in total. The predicted molar refractivity (Wildman–Crippen MR) is 97.9 cm³/mol. The molecule has 0 aliphatic rings. The predicted octanol–water partition coefficient (Wildman–Crippen LogP) is 3.01. The number of furan rings is 1. The van der Waals surface area contributed by atoms with Crippen LogP contribution in [0.3, 0.4) is 0 Å². The summed E-state index contributed by atoms with van der Waals surface area (Å²) in [6.07, 6.45) is 0.268. The van der Waals surface area contributed by atoms with Gasteiger partial charge in [-0.15, -0.1) is 0 Å². The lowest BCUT2D eigenvalue weighted by atomic mass is 10.1. The third kappa shape index (κ3) is 4.44. The van der Waals surface area contributed by atoms with Crippen LogP contribution in [0.2, 0.25) is 0 Å². The Morgan fingerprint density at radius 3 is 2.57 bits per heavy atom. The normalized spacial score (nSPS) is 11.5. The minimum atomic E-state index is -1.10. The summed E-state index contributed by atoms with van der Waals surface area (Å²) in [6, 6.07) is 10.9. The summed E-state index contributed by atoms with van der Waals surface area (Å²) in [4.78, 5) is 36.8. The minimum absolute atomic E-state index is 0.0961. The molecule has 9 heteroatoms. The fourth-order valence-electron chi connectivity index (χ4n) is 2.29. The van der Waals surface area contributed by atoms with Gasteiger partial charge < -0.3 is 24.3 Å². The molecule has 0 saturated heterocycles. The number of hydrogen-bond donors (Lipinski definition) is 2. The van der Waals surface area contributed by atoms with E-state index in [1.165, 1.54) is 31.4 Å². The van der Waals surface area contributed by atoms with Gasteiger partial charge in [-0.1, -0.05) is 17.3 Å². The Balaban J connectivity index is 1.66. The fraction of sp³-hybridized carbons (Fsp3) is 0.158. The summed E-state index contributed by atoms with van der Waals surface area (Å²) in [5.74, 6) is -1.01. The van der Waals surface area contributed by atoms with Crippen LogP contribution in [0.15, 0.2) is 57.7 Å². The lowest BCUT2D eigenvalue weighted by Crippen LogP contribution is -2.30. The van der Waals surface area contributed by atoms with Crippen LogP contribution in [0.1, 0.15) is 33.6 Å². The van der Waals surface area contributed by atoms with E-state index in [9.17, 15) is 14.4 Å². The largest absolute Gasteiger partial charge is 0.459 e. The van der Waals surface area contributed by atoms with Gasteiger partial charge in [0.2, 0.25) is 0 Å². The zero-order valence-corrected chi connectivity index (χ0v) is 15.1. The number of carbonyl (C=O) groups is 3. The highest BCUT2D eigenvalue weighted by Gasteiger charge is 2.22. The molecule has 0 radical (unpaired) electrons. The molecule has 9 nitrogen and oxygen atoms in total. The first kappa shape index (κ1) is 18.9. The zero-order chi connectivity index (χ0) is 20.1. The zero-order valence-electron chi connectivity index (χ0n) is 15.1. The number of anilines is 2. The number of ether oxygens (including phenoxy) is 1. The molecule has 2 aromatic heterocycles. The summed E-state index contributed by atoms with van der Waals surface area (Å²) in [6.45, 7) is 3.10. The van der Waals surface area contributed by atoms with Crippen LogP contribution in [0, 0.1) is 6.92 Å². The maximum atomic E-state index is 12.5. The quantitative estimate of drug-likeness (QED) is 0.627. The molecule has 1 aromatic carbocycles. The van der Waals surface area contributed by atoms with Crippen molar-refractivity contribution in [1.82, 2.24) is 5.16 Å². The van der Waals surface area contributed by atoms with Gasteiger partial charge in [-0.25, -0.2) is 4.79 Å². The van der Waals surface area contributed by atoms with Crippen LogP contribution in [-0.4, -0.2) is 29.0 Å². The van der Waals surface area contributed by atoms with Crippen LogP contribution >= 0.6 is 0 Å². The number of aromatic nitrogens is 1. The summed E-state index contributed by atoms with van der Waals surface area (Å²) < 4.78 is 15.1. The Kier molecular flexibility index (Phi) is 5.54. The molecule has 0 spiro atoms. The summed E-state index contributed by atoms with van der Waals surface area (Å²) in [7, 11) is 0. The van der Waals surface area contributed by atoms with Crippen molar-refractivity contribution in [2.75, 3.05) is 10.6 Å². The lowest BCUT2D eigenvalue weighted by molar-refractivity contribution is -0.123. The van der Waals surface area contributed by atoms with E-state index in [2.05, 4.69) is 15.8 Å². The van der Waals surface area contributed by atoms with Gasteiger partial charge in [-0.2, -0.15) is 0 Å². The molecule has 0 saturated carbocycles. The minimum Gasteiger partial charge on any atom is -0.459 e. The van der Waals surface area contributed by atoms with Gasteiger partial charge in [-0.05, 0) is 38.1 Å². The number of hydrogen-bond acceptors (Lipinski definition) is 7. The topological polar surface area (TPSA) is 124 Å². The molecule has 2 heterocycles. The molecule has 28 heavy (non-hydrogen) atoms. The number of nitrogens with zero attached hydrogens (tertiary/aromatic N) is 1. The van der Waals surface area contributed by atoms with Crippen molar-refractivity contribution in [2.24, 2.45) is 0 Å². The van der Waals surface area contributed by atoms with Gasteiger partial charge in [0.05, 0.1) is 17.5 Å². The summed E-state index contributed by atoms with van der Waals surface area (Å²) >= 11 is 0. The first-order valence-corrected chi connectivity index (χ1v) is 8.33. The fourth-order valence-corrected chi connectivity index (χ4v) is 2.29. The second-order valence-corrected chi connectivity index (χ2v) is 5.84. The smallest absolute Gasteiger partial charge is 0.341 e. The average molecular weight is 383 g/mol. The van der Waals surface area contributed by atoms with Crippen molar-refractivity contribution >= 4 is 29.3 Å². The van der Waals surface area contributed by atoms with Crippen LogP contribution in [0.5, 0.6) is 0 Å². The van der Waals surface area contributed by atoms with Crippen LogP contribution in [-0.2, 0) is 9.53 Å². The third-order valence-electron chi connectivity index (χ3n) is 3.67. The Bertz CT molecular complexity index is 993. The molecule has 0 bridgehead atoms. The van der Waals surface area contributed by atoms with Crippen molar-refractivity contribution in [3.05, 3.63) is 65.8 Å². The molecule has 2 amide bonds. The third-order valence-corrected chi connectivity index (χ3v) is 3.67. The number of carbonyl (C=O) groups excluding carboxylic acids is 3. The first-order chi connectivity index (χ1) is 13.4. The van der Waals surface area contributed by atoms with E-state index in [0.717, 1.165) is 0 Å².